The Morgan fingerprint density at radius 1 is 1.04 bits per heavy atom. The van der Waals surface area contributed by atoms with Crippen LogP contribution < -0.4 is 36.6 Å². The number of carbonyl (C=O) groups excluding carboxylic acids is 1. The highest BCUT2D eigenvalue weighted by molar-refractivity contribution is 5.99. The highest BCUT2D eigenvalue weighted by Gasteiger charge is 2.30. The number of allylic oxidation sites excluding steroid dienone is 2. The molecule has 47 heavy (non-hydrogen) atoms. The van der Waals surface area contributed by atoms with Gasteiger partial charge in [0.05, 0.1) is 14.2 Å². The fourth-order valence-electron chi connectivity index (χ4n) is 7.18. The monoisotopic (exact) mass is 636 g/mol. The number of amides is 1. The normalized spacial score (nSPS) is 20.0. The van der Waals surface area contributed by atoms with Gasteiger partial charge in [0.25, 0.3) is 17.0 Å². The van der Waals surface area contributed by atoms with Crippen LogP contribution in [0.15, 0.2) is 75.4 Å². The number of likely N-dealkylation sites (tertiary alicyclic amines) is 1. The Bertz CT molecular complexity index is 1960. The summed E-state index contributed by atoms with van der Waals surface area (Å²) < 4.78 is 12.5. The number of hydrogen-bond donors (Lipinski definition) is 2. The molecule has 2 N–H and O–H groups in total. The van der Waals surface area contributed by atoms with E-state index < -0.39 is 0 Å². The molecule has 6 rings (SSSR count). The van der Waals surface area contributed by atoms with Gasteiger partial charge in [-0.1, -0.05) is 49.4 Å². The van der Waals surface area contributed by atoms with Gasteiger partial charge in [-0.25, -0.2) is 0 Å². The molecule has 0 saturated carbocycles. The molecule has 0 spiro atoms. The summed E-state index contributed by atoms with van der Waals surface area (Å²) in [6.07, 6.45) is 10.5. The van der Waals surface area contributed by atoms with Crippen LogP contribution in [-0.4, -0.2) is 54.2 Å². The van der Waals surface area contributed by atoms with Gasteiger partial charge in [-0.15, -0.1) is 0 Å². The first-order valence-corrected chi connectivity index (χ1v) is 16.6. The maximum atomic E-state index is 13.8. The number of nitrogens with one attached hydrogen (secondary N) is 2. The predicted molar refractivity (Wildman–Crippen MR) is 184 cm³/mol. The molecule has 1 amide bonds. The minimum Gasteiger partial charge on any atom is -0.493 e. The van der Waals surface area contributed by atoms with E-state index in [0.29, 0.717) is 42.8 Å². The standard InChI is InChI=1S/C38H44N4O5/c1-5-26-21-28(35-38(45)41(2)32(36(43)40-35)20-24-9-7-6-8-10-24)11-12-29(26)37(44)42-17-14-25(15-18-42)19-31-30-23-34(47-4)33(46-3)22-27(30)13-16-39-31/h6-10,12,20-23,25,31,39H,5,11,13-19H2,1-4H3,(H,40,43)/b32-20-,35-28-. The van der Waals surface area contributed by atoms with Crippen LogP contribution in [0.5, 0.6) is 11.5 Å². The van der Waals surface area contributed by atoms with Gasteiger partial charge in [0, 0.05) is 31.8 Å². The third kappa shape index (κ3) is 6.63. The molecule has 1 unspecified atom stereocenters. The number of rotatable bonds is 7. The summed E-state index contributed by atoms with van der Waals surface area (Å²) in [5, 5.41) is 4.27. The summed E-state index contributed by atoms with van der Waals surface area (Å²) >= 11 is 0. The lowest BCUT2D eigenvalue weighted by Crippen LogP contribution is -2.53. The zero-order valence-corrected chi connectivity index (χ0v) is 27.7. The van der Waals surface area contributed by atoms with Crippen molar-refractivity contribution in [3.05, 3.63) is 114 Å². The number of aromatic amines is 1. The Hall–Kier alpha value is -4.63. The third-order valence-electron chi connectivity index (χ3n) is 9.88. The number of carbonyl (C=O) groups is 1. The molecule has 1 aliphatic carbocycles. The fraction of sp³-hybridized carbons (Fsp3) is 0.395. The molecule has 9 heteroatoms. The fourth-order valence-corrected chi connectivity index (χ4v) is 7.18. The van der Waals surface area contributed by atoms with Crippen LogP contribution in [0, 0.1) is 5.92 Å². The second kappa shape index (κ2) is 14.0. The number of H-pyrrole nitrogens is 1. The van der Waals surface area contributed by atoms with E-state index in [-0.39, 0.29) is 28.4 Å². The SMILES string of the molecule is CCC1=C/C(=c2\[nH]c(=O)/c(=C/c3ccccc3)n(C)c2=O)CC=C1C(=O)N1CCC(CC2NCCc3cc(OC)c(OC)cc32)CC1. The summed E-state index contributed by atoms with van der Waals surface area (Å²) in [6.45, 7) is 4.38. The number of ether oxygens (including phenoxy) is 2. The van der Waals surface area contributed by atoms with E-state index in [1.54, 1.807) is 27.3 Å². The van der Waals surface area contributed by atoms with Crippen molar-refractivity contribution in [2.75, 3.05) is 33.9 Å². The Kier molecular flexibility index (Phi) is 9.63. The van der Waals surface area contributed by atoms with Crippen molar-refractivity contribution in [2.45, 2.75) is 51.5 Å². The van der Waals surface area contributed by atoms with Crippen LogP contribution in [0.4, 0.5) is 0 Å². The average Bonchev–Trinajstić information content (AvgIpc) is 3.11. The molecule has 0 radical (unpaired) electrons. The quantitative estimate of drug-likeness (QED) is 0.413. The van der Waals surface area contributed by atoms with Crippen LogP contribution in [0.3, 0.4) is 0 Å². The van der Waals surface area contributed by atoms with E-state index in [4.69, 9.17) is 9.47 Å². The summed E-state index contributed by atoms with van der Waals surface area (Å²) in [7, 11) is 4.97. The first-order valence-electron chi connectivity index (χ1n) is 16.6. The number of benzene rings is 2. The van der Waals surface area contributed by atoms with Crippen molar-refractivity contribution in [1.29, 1.82) is 0 Å². The molecule has 0 bridgehead atoms. The molecule has 2 aliphatic heterocycles. The highest BCUT2D eigenvalue weighted by Crippen LogP contribution is 2.38. The number of fused-ring (bicyclic) bond motifs is 1. The van der Waals surface area contributed by atoms with Crippen LogP contribution in [0.2, 0.25) is 0 Å². The molecule has 3 aliphatic rings. The lowest BCUT2D eigenvalue weighted by Gasteiger charge is -2.36. The van der Waals surface area contributed by atoms with E-state index >= 15 is 0 Å². The number of nitrogens with zero attached hydrogens (tertiary/aromatic N) is 2. The maximum Gasteiger partial charge on any atom is 0.274 e. The number of piperidine rings is 1. The van der Waals surface area contributed by atoms with Gasteiger partial charge >= 0.3 is 0 Å². The van der Waals surface area contributed by atoms with Gasteiger partial charge in [0.15, 0.2) is 11.5 Å². The van der Waals surface area contributed by atoms with E-state index in [9.17, 15) is 14.4 Å². The summed E-state index contributed by atoms with van der Waals surface area (Å²) in [5.41, 5.74) is 5.13. The number of hydrogen-bond acceptors (Lipinski definition) is 6. The van der Waals surface area contributed by atoms with Gasteiger partial charge in [0.1, 0.15) is 10.7 Å². The van der Waals surface area contributed by atoms with Gasteiger partial charge in [-0.05, 0) is 97.0 Å². The van der Waals surface area contributed by atoms with Gasteiger partial charge < -0.3 is 29.2 Å². The Morgan fingerprint density at radius 3 is 2.47 bits per heavy atom. The topological polar surface area (TPSA) is 106 Å². The smallest absolute Gasteiger partial charge is 0.274 e. The molecule has 1 fully saturated rings. The zero-order chi connectivity index (χ0) is 33.1. The predicted octanol–water partition coefficient (Wildman–Crippen LogP) is 3.25. The molecule has 246 valence electrons. The van der Waals surface area contributed by atoms with Crippen molar-refractivity contribution in [1.82, 2.24) is 19.8 Å². The van der Waals surface area contributed by atoms with Crippen molar-refractivity contribution in [2.24, 2.45) is 13.0 Å². The maximum absolute atomic E-state index is 13.8. The lowest BCUT2D eigenvalue weighted by molar-refractivity contribution is -0.128. The van der Waals surface area contributed by atoms with Gasteiger partial charge in [-0.3, -0.25) is 14.4 Å². The number of aromatic nitrogens is 2. The van der Waals surface area contributed by atoms with E-state index in [0.717, 1.165) is 60.4 Å². The molecule has 9 nitrogen and oxygen atoms in total. The minimum atomic E-state index is -0.329. The first kappa shape index (κ1) is 32.3. The molecule has 3 heterocycles. The third-order valence-corrected chi connectivity index (χ3v) is 9.88. The Balaban J connectivity index is 1.16. The van der Waals surface area contributed by atoms with Crippen molar-refractivity contribution >= 4 is 17.6 Å². The molecule has 3 aromatic rings. The summed E-state index contributed by atoms with van der Waals surface area (Å²) in [6, 6.07) is 13.9. The molecule has 1 saturated heterocycles. The molecular formula is C38H44N4O5. The van der Waals surface area contributed by atoms with Gasteiger partial charge in [0.2, 0.25) is 0 Å². The van der Waals surface area contributed by atoms with E-state index in [1.807, 2.05) is 54.3 Å². The van der Waals surface area contributed by atoms with Crippen LogP contribution in [-0.2, 0) is 18.3 Å². The van der Waals surface area contributed by atoms with Gasteiger partial charge in [-0.2, -0.15) is 0 Å². The largest absolute Gasteiger partial charge is 0.493 e. The van der Waals surface area contributed by atoms with Crippen molar-refractivity contribution in [3.8, 4) is 11.5 Å². The molecular weight excluding hydrogens is 592 g/mol. The van der Waals surface area contributed by atoms with Crippen LogP contribution in [0.25, 0.3) is 11.6 Å². The highest BCUT2D eigenvalue weighted by atomic mass is 16.5. The molecule has 1 aromatic heterocycles. The minimum absolute atomic E-state index is 0.0442. The van der Waals surface area contributed by atoms with Crippen LogP contribution >= 0.6 is 0 Å². The molecule has 1 atom stereocenters. The zero-order valence-electron chi connectivity index (χ0n) is 27.7. The Morgan fingerprint density at radius 2 is 1.77 bits per heavy atom. The van der Waals surface area contributed by atoms with E-state index in [1.165, 1.54) is 15.7 Å². The summed E-state index contributed by atoms with van der Waals surface area (Å²) in [4.78, 5) is 45.1. The van der Waals surface area contributed by atoms with E-state index in [2.05, 4.69) is 22.4 Å². The number of methoxy groups -OCH3 is 2. The Labute approximate surface area is 274 Å². The second-order valence-corrected chi connectivity index (χ2v) is 12.6. The molecule has 2 aromatic carbocycles. The van der Waals surface area contributed by atoms with Crippen molar-refractivity contribution < 1.29 is 14.3 Å². The first-order chi connectivity index (χ1) is 22.8. The van der Waals surface area contributed by atoms with Crippen molar-refractivity contribution in [3.63, 3.8) is 0 Å². The summed E-state index contributed by atoms with van der Waals surface area (Å²) in [5.74, 6) is 2.08. The average molecular weight is 637 g/mol. The second-order valence-electron chi connectivity index (χ2n) is 12.6. The van der Waals surface area contributed by atoms with Crippen LogP contribution in [0.1, 0.15) is 61.8 Å². The lowest BCUT2D eigenvalue weighted by atomic mass is 9.83.